The highest BCUT2D eigenvalue weighted by Crippen LogP contribution is 2.27. The third kappa shape index (κ3) is 5.54. The fraction of sp³-hybridized carbons (Fsp3) is 0.0870. The number of nitrogens with two attached hydrogens (primary N) is 1. The third-order valence-electron chi connectivity index (χ3n) is 5.14. The van der Waals surface area contributed by atoms with E-state index in [0.29, 0.717) is 27.8 Å². The molecule has 0 bridgehead atoms. The summed E-state index contributed by atoms with van der Waals surface area (Å²) in [5, 5.41) is 18.3. The number of amidine groups is 1. The molecule has 12 heteroatoms. The van der Waals surface area contributed by atoms with Crippen LogP contribution in [0, 0.1) is 5.82 Å². The lowest BCUT2D eigenvalue weighted by molar-refractivity contribution is -0.486. The van der Waals surface area contributed by atoms with E-state index in [9.17, 15) is 19.2 Å². The van der Waals surface area contributed by atoms with E-state index in [0.717, 1.165) is 5.69 Å². The van der Waals surface area contributed by atoms with Crippen LogP contribution in [0.25, 0.3) is 11.3 Å². The average molecular weight is 532 g/mol. The maximum Gasteiger partial charge on any atom is 0.320 e. The average Bonchev–Trinajstić information content (AvgIpc) is 3.38. The van der Waals surface area contributed by atoms with Crippen molar-refractivity contribution in [3.05, 3.63) is 86.6 Å². The van der Waals surface area contributed by atoms with Crippen molar-refractivity contribution < 1.29 is 24.5 Å². The van der Waals surface area contributed by atoms with Gasteiger partial charge in [0.25, 0.3) is 11.5 Å². The van der Waals surface area contributed by atoms with Gasteiger partial charge in [-0.2, -0.15) is 11.3 Å². The van der Waals surface area contributed by atoms with Crippen LogP contribution in [-0.2, 0) is 6.54 Å². The summed E-state index contributed by atoms with van der Waals surface area (Å²) in [7, 11) is -0.523. The molecular weight excluding hydrogens is 508 g/mol. The molecule has 180 valence electrons. The van der Waals surface area contributed by atoms with Gasteiger partial charge in [0.1, 0.15) is 18.0 Å². The van der Waals surface area contributed by atoms with Crippen molar-refractivity contribution in [1.82, 2.24) is 4.68 Å². The number of aromatic hydroxyl groups is 1. The summed E-state index contributed by atoms with van der Waals surface area (Å²) >= 11 is 2.86. The monoisotopic (exact) mass is 531 g/mol. The van der Waals surface area contributed by atoms with Crippen LogP contribution in [0.3, 0.4) is 0 Å². The van der Waals surface area contributed by atoms with Crippen LogP contribution in [0.5, 0.6) is 5.75 Å². The van der Waals surface area contributed by atoms with Crippen LogP contribution in [0.2, 0.25) is 0 Å². The number of hydrogen-bond acceptors (Lipinski definition) is 6. The Morgan fingerprint density at radius 1 is 1.29 bits per heavy atom. The molecule has 2 aromatic heterocycles. The summed E-state index contributed by atoms with van der Waals surface area (Å²) in [6.45, 7) is 0.106. The van der Waals surface area contributed by atoms with Crippen LogP contribution < -0.4 is 31.4 Å². The molecule has 35 heavy (non-hydrogen) atoms. The fourth-order valence-electron chi connectivity index (χ4n) is 3.47. The molecule has 0 aliphatic heterocycles. The summed E-state index contributed by atoms with van der Waals surface area (Å²) in [5.41, 5.74) is 8.63. The van der Waals surface area contributed by atoms with Gasteiger partial charge in [0.05, 0.1) is 5.56 Å². The number of hydrogen-bond donors (Lipinski definition) is 5. The Morgan fingerprint density at radius 3 is 2.71 bits per heavy atom. The molecule has 1 atom stereocenters. The van der Waals surface area contributed by atoms with Gasteiger partial charge in [-0.25, -0.2) is 9.38 Å². The topological polar surface area (TPSA) is 129 Å². The second-order valence-corrected chi connectivity index (χ2v) is 9.61. The van der Waals surface area contributed by atoms with Gasteiger partial charge in [-0.15, -0.1) is 9.78 Å². The third-order valence-corrected chi connectivity index (χ3v) is 6.92. The fourth-order valence-corrected chi connectivity index (χ4v) is 4.96. The maximum atomic E-state index is 13.4. The van der Waals surface area contributed by atoms with Gasteiger partial charge >= 0.3 is 5.56 Å². The lowest BCUT2D eigenvalue weighted by Crippen LogP contribution is -2.72. The van der Waals surface area contributed by atoms with E-state index in [2.05, 4.69) is 14.8 Å². The molecule has 1 unspecified atom stereocenters. The Balaban J connectivity index is 1.85. The van der Waals surface area contributed by atoms with Crippen molar-refractivity contribution in [3.63, 3.8) is 0 Å². The Morgan fingerprint density at radius 2 is 2.06 bits per heavy atom. The molecule has 2 aromatic carbocycles. The number of anilines is 1. The number of benzene rings is 2. The molecule has 7 N–H and O–H groups in total. The van der Waals surface area contributed by atoms with Crippen LogP contribution in [-0.4, -0.2) is 26.8 Å². The van der Waals surface area contributed by atoms with E-state index in [4.69, 9.17) is 5.73 Å². The first-order valence-electron chi connectivity index (χ1n) is 10.3. The normalized spacial score (nSPS) is 11.9. The predicted octanol–water partition coefficient (Wildman–Crippen LogP) is 1.30. The van der Waals surface area contributed by atoms with Crippen molar-refractivity contribution in [2.24, 2.45) is 5.73 Å². The summed E-state index contributed by atoms with van der Waals surface area (Å²) in [4.78, 5) is 26.2. The molecule has 0 amide bonds. The number of rotatable bonds is 8. The molecule has 0 aliphatic carbocycles. The highest BCUT2D eigenvalue weighted by atomic mass is 32.2. The minimum Gasteiger partial charge on any atom is -0.501 e. The number of halogens is 1. The summed E-state index contributed by atoms with van der Waals surface area (Å²) in [6, 6.07) is 12.9. The van der Waals surface area contributed by atoms with Crippen LogP contribution in [0.1, 0.15) is 11.1 Å². The molecule has 0 radical (unpaired) electrons. The Labute approximate surface area is 210 Å². The van der Waals surface area contributed by atoms with E-state index >= 15 is 0 Å². The summed E-state index contributed by atoms with van der Waals surface area (Å²) in [6.07, 6.45) is 1.88. The second-order valence-electron chi connectivity index (χ2n) is 7.46. The van der Waals surface area contributed by atoms with Crippen LogP contribution >= 0.6 is 32.1 Å². The number of aromatic nitrogens is 2. The van der Waals surface area contributed by atoms with Gasteiger partial charge in [0, 0.05) is 31.4 Å². The molecule has 0 saturated heterocycles. The van der Waals surface area contributed by atoms with E-state index in [1.54, 1.807) is 36.4 Å². The second kappa shape index (κ2) is 11.0. The standard InChI is InChI=1S/C23H21FN5O3PS2/c1-34-28-16-6-7-17(18(10-16)33-32)26-22(25)19-21(30)20(14-8-9-35-12-14)27-29(23(19)31)11-13-2-4-15(24)5-3-13/h2-10,12,28,30,32-33H,11H2,1H3,(H2,25,26)/p+2. The van der Waals surface area contributed by atoms with Crippen molar-refractivity contribution >= 4 is 54.6 Å². The SMILES string of the molecule is CSNc1ccc([NH+]=C(N)c2c(O)c(-c3ccsc3)[nH+]n(Cc3ccc(F)cc3)c2=O)c(PO)c1. The van der Waals surface area contributed by atoms with Crippen molar-refractivity contribution in [3.8, 4) is 17.0 Å². The predicted molar refractivity (Wildman–Crippen MR) is 140 cm³/mol. The largest absolute Gasteiger partial charge is 0.501 e. The van der Waals surface area contributed by atoms with Crippen molar-refractivity contribution in [1.29, 1.82) is 0 Å². The van der Waals surface area contributed by atoms with Crippen LogP contribution in [0.15, 0.2) is 64.1 Å². The molecular formula is C23H23FN5O3PS2+2. The number of H-pyrrole nitrogens is 1. The summed E-state index contributed by atoms with van der Waals surface area (Å²) in [5.74, 6) is -0.755. The quantitative estimate of drug-likeness (QED) is 0.101. The number of nitrogens with zero attached hydrogens (tertiary/aromatic N) is 1. The zero-order valence-electron chi connectivity index (χ0n) is 18.5. The zero-order chi connectivity index (χ0) is 24.9. The minimum atomic E-state index is -0.565. The van der Waals surface area contributed by atoms with Gasteiger partial charge in [0.2, 0.25) is 5.75 Å². The van der Waals surface area contributed by atoms with Crippen molar-refractivity contribution in [2.45, 2.75) is 6.54 Å². The van der Waals surface area contributed by atoms with Crippen LogP contribution in [0.4, 0.5) is 15.8 Å². The van der Waals surface area contributed by atoms with E-state index < -0.39 is 14.4 Å². The van der Waals surface area contributed by atoms with Gasteiger partial charge in [0.15, 0.2) is 5.56 Å². The van der Waals surface area contributed by atoms with Gasteiger partial charge in [-0.05, 0) is 47.3 Å². The first-order chi connectivity index (χ1) is 16.9. The van der Waals surface area contributed by atoms with Gasteiger partial charge in [-0.3, -0.25) is 10.5 Å². The lowest BCUT2D eigenvalue weighted by atomic mass is 10.1. The molecule has 4 rings (SSSR count). The Bertz CT molecular complexity index is 1430. The lowest BCUT2D eigenvalue weighted by Gasteiger charge is -2.08. The van der Waals surface area contributed by atoms with Gasteiger partial charge < -0.3 is 14.7 Å². The van der Waals surface area contributed by atoms with Crippen molar-refractivity contribution in [2.75, 3.05) is 11.0 Å². The molecule has 8 nitrogen and oxygen atoms in total. The first-order valence-corrected chi connectivity index (χ1v) is 13.4. The van der Waals surface area contributed by atoms with Gasteiger partial charge in [-0.1, -0.05) is 24.1 Å². The molecule has 0 aliphatic rings. The molecule has 2 heterocycles. The highest BCUT2D eigenvalue weighted by molar-refractivity contribution is 7.99. The molecule has 0 saturated carbocycles. The first kappa shape index (κ1) is 24.9. The Kier molecular flexibility index (Phi) is 7.82. The van der Waals surface area contributed by atoms with E-state index in [-0.39, 0.29) is 29.5 Å². The number of aromatic amines is 1. The molecule has 4 aromatic rings. The smallest absolute Gasteiger partial charge is 0.320 e. The van der Waals surface area contributed by atoms with E-state index in [1.807, 2.05) is 17.0 Å². The Hall–Kier alpha value is -3.24. The molecule has 0 spiro atoms. The van der Waals surface area contributed by atoms with E-state index in [1.165, 1.54) is 40.1 Å². The summed E-state index contributed by atoms with van der Waals surface area (Å²) < 4.78 is 17.8. The number of nitrogen functional groups attached to an aromatic ring is 1. The maximum absolute atomic E-state index is 13.4. The zero-order valence-corrected chi connectivity index (χ0v) is 21.1. The molecule has 0 fully saturated rings. The highest BCUT2D eigenvalue weighted by Gasteiger charge is 2.29. The number of nitrogens with one attached hydrogen (secondary N) is 3. The number of thiophene rings is 1. The minimum absolute atomic E-state index is 0.0732.